The number of sulfonamides is 1. The number of ether oxygens (including phenoxy) is 1. The summed E-state index contributed by atoms with van der Waals surface area (Å²) in [4.78, 5) is 3.69. The van der Waals surface area contributed by atoms with Gasteiger partial charge >= 0.3 is 0 Å². The summed E-state index contributed by atoms with van der Waals surface area (Å²) in [6, 6.07) is 17.5. The van der Waals surface area contributed by atoms with Crippen molar-refractivity contribution in [2.45, 2.75) is 37.2 Å². The van der Waals surface area contributed by atoms with Gasteiger partial charge in [0.25, 0.3) is 0 Å². The van der Waals surface area contributed by atoms with E-state index in [2.05, 4.69) is 14.8 Å². The lowest BCUT2D eigenvalue weighted by atomic mass is 10.0. The molecule has 1 aliphatic carbocycles. The van der Waals surface area contributed by atoms with Gasteiger partial charge in [0.1, 0.15) is 11.9 Å². The van der Waals surface area contributed by atoms with E-state index < -0.39 is 28.1 Å². The number of benzene rings is 2. The fraction of sp³-hybridized carbons (Fsp3) is 0.250. The molecule has 2 heterocycles. The Balaban J connectivity index is 1.43. The highest BCUT2D eigenvalue weighted by Gasteiger charge is 2.38. The van der Waals surface area contributed by atoms with Gasteiger partial charge < -0.3 is 4.74 Å². The summed E-state index contributed by atoms with van der Waals surface area (Å²) in [5.41, 5.74) is 2.33. The van der Waals surface area contributed by atoms with Gasteiger partial charge in [0, 0.05) is 5.39 Å². The van der Waals surface area contributed by atoms with E-state index >= 15 is 0 Å². The van der Waals surface area contributed by atoms with E-state index in [1.807, 2.05) is 55.5 Å². The van der Waals surface area contributed by atoms with Crippen molar-refractivity contribution in [1.29, 1.82) is 0 Å². The summed E-state index contributed by atoms with van der Waals surface area (Å²) in [5, 5.41) is 4.91. The van der Waals surface area contributed by atoms with Crippen molar-refractivity contribution in [3.8, 4) is 11.4 Å². The first-order chi connectivity index (χ1) is 15.9. The summed E-state index contributed by atoms with van der Waals surface area (Å²) in [7, 11) is -3.37. The molecule has 1 aliphatic rings. The van der Waals surface area contributed by atoms with Crippen LogP contribution < -0.4 is 9.46 Å². The van der Waals surface area contributed by atoms with Gasteiger partial charge in [0.15, 0.2) is 0 Å². The average Bonchev–Trinajstić information content (AvgIpc) is 3.60. The molecule has 0 aliphatic heterocycles. The lowest BCUT2D eigenvalue weighted by Gasteiger charge is -2.26. The zero-order valence-electron chi connectivity index (χ0n) is 17.9. The van der Waals surface area contributed by atoms with Crippen molar-refractivity contribution in [3.63, 3.8) is 0 Å². The van der Waals surface area contributed by atoms with Gasteiger partial charge in [-0.2, -0.15) is 9.49 Å². The molecule has 7 nitrogen and oxygen atoms in total. The van der Waals surface area contributed by atoms with Crippen LogP contribution in [0.3, 0.4) is 0 Å². The van der Waals surface area contributed by atoms with Crippen molar-refractivity contribution in [2.24, 2.45) is 0 Å². The predicted molar refractivity (Wildman–Crippen MR) is 123 cm³/mol. The molecule has 2 aromatic heterocycles. The molecule has 0 amide bonds. The van der Waals surface area contributed by atoms with Crippen LogP contribution in [0.25, 0.3) is 16.6 Å². The third-order valence-electron chi connectivity index (χ3n) is 5.65. The molecule has 2 aromatic carbocycles. The fourth-order valence-electron chi connectivity index (χ4n) is 3.83. The third-order valence-corrected chi connectivity index (χ3v) is 7.70. The van der Waals surface area contributed by atoms with Gasteiger partial charge in [-0.15, -0.1) is 0 Å². The molecule has 0 saturated heterocycles. The van der Waals surface area contributed by atoms with E-state index in [1.165, 1.54) is 12.3 Å². The van der Waals surface area contributed by atoms with Crippen LogP contribution >= 0.6 is 0 Å². The number of hydrogen-bond donors (Lipinski definition) is 1. The number of pyridine rings is 1. The largest absolute Gasteiger partial charge is 0.484 e. The molecule has 0 bridgehead atoms. The number of nitrogens with one attached hydrogen (secondary N) is 1. The number of rotatable bonds is 8. The minimum Gasteiger partial charge on any atom is -0.484 e. The second kappa shape index (κ2) is 8.57. The normalized spacial score (nSPS) is 15.9. The number of nitrogens with zero attached hydrogens (tertiary/aromatic N) is 3. The highest BCUT2D eigenvalue weighted by atomic mass is 32.2. The maximum Gasteiger partial charge on any atom is 0.214 e. The van der Waals surface area contributed by atoms with Gasteiger partial charge in [-0.05, 0) is 55.7 Å². The molecule has 4 aromatic rings. The summed E-state index contributed by atoms with van der Waals surface area (Å²) < 4.78 is 49.0. The maximum atomic E-state index is 13.2. The van der Waals surface area contributed by atoms with Crippen LogP contribution in [0.1, 0.15) is 31.4 Å². The fourth-order valence-corrected chi connectivity index (χ4v) is 5.42. The minimum absolute atomic E-state index is 0.306. The molecule has 0 unspecified atom stereocenters. The van der Waals surface area contributed by atoms with Crippen LogP contribution in [-0.2, 0) is 10.0 Å². The zero-order chi connectivity index (χ0) is 23.0. The van der Waals surface area contributed by atoms with Crippen LogP contribution in [-0.4, -0.2) is 34.5 Å². The van der Waals surface area contributed by atoms with E-state index in [4.69, 9.17) is 4.74 Å². The van der Waals surface area contributed by atoms with Crippen molar-refractivity contribution < 1.29 is 17.5 Å². The molecule has 33 heavy (non-hydrogen) atoms. The van der Waals surface area contributed by atoms with Crippen LogP contribution in [0, 0.1) is 5.95 Å². The van der Waals surface area contributed by atoms with Crippen molar-refractivity contribution in [3.05, 3.63) is 84.6 Å². The topological polar surface area (TPSA) is 86.1 Å². The number of halogens is 1. The Morgan fingerprint density at radius 3 is 2.58 bits per heavy atom. The molecule has 9 heteroatoms. The van der Waals surface area contributed by atoms with E-state index in [1.54, 1.807) is 16.9 Å². The van der Waals surface area contributed by atoms with Crippen molar-refractivity contribution in [1.82, 2.24) is 19.5 Å². The molecule has 0 radical (unpaired) electrons. The van der Waals surface area contributed by atoms with E-state index in [0.717, 1.165) is 16.5 Å². The monoisotopic (exact) mass is 466 g/mol. The highest BCUT2D eigenvalue weighted by molar-refractivity contribution is 7.90. The molecule has 170 valence electrons. The second-order valence-corrected chi connectivity index (χ2v) is 10.2. The van der Waals surface area contributed by atoms with Gasteiger partial charge in [0.05, 0.1) is 34.9 Å². The van der Waals surface area contributed by atoms with Gasteiger partial charge in [-0.1, -0.05) is 30.3 Å². The summed E-state index contributed by atoms with van der Waals surface area (Å²) in [6.45, 7) is 1.82. The van der Waals surface area contributed by atoms with Crippen LogP contribution in [0.15, 0.2) is 73.1 Å². The lowest BCUT2D eigenvalue weighted by Crippen LogP contribution is -2.40. The molecule has 1 saturated carbocycles. The van der Waals surface area contributed by atoms with E-state index in [-0.39, 0.29) is 5.25 Å². The highest BCUT2D eigenvalue weighted by Crippen LogP contribution is 2.31. The van der Waals surface area contributed by atoms with Gasteiger partial charge in [0.2, 0.25) is 16.0 Å². The Morgan fingerprint density at radius 1 is 1.09 bits per heavy atom. The summed E-state index contributed by atoms with van der Waals surface area (Å²) in [5.74, 6) is 0.0369. The summed E-state index contributed by atoms with van der Waals surface area (Å²) in [6.07, 6.45) is 3.99. The Morgan fingerprint density at radius 2 is 1.88 bits per heavy atom. The van der Waals surface area contributed by atoms with E-state index in [9.17, 15) is 12.8 Å². The predicted octanol–water partition coefficient (Wildman–Crippen LogP) is 4.15. The lowest BCUT2D eigenvalue weighted by molar-refractivity contribution is 0.173. The number of fused-ring (bicyclic) bond motifs is 1. The molecule has 2 atom stereocenters. The van der Waals surface area contributed by atoms with Crippen molar-refractivity contribution >= 4 is 20.9 Å². The molecule has 1 fully saturated rings. The summed E-state index contributed by atoms with van der Waals surface area (Å²) >= 11 is 0. The Hall–Kier alpha value is -3.30. The standard InChI is InChI=1S/C24H23FN4O3S/c1-16(28-33(30,31)21-9-10-21)24(17-5-3-2-4-6-17)32-20-8-11-22-18(13-20)14-27-29(22)19-7-12-23(25)26-15-19/h2-8,11-16,21,24,28H,9-10H2,1H3/t16-,24+/m0/s1. The first kappa shape index (κ1) is 21.5. The SMILES string of the molecule is C[C@H](NS(=O)(=O)C1CC1)[C@@H](Oc1ccc2c(cnn2-c2ccc(F)nc2)c1)c1ccccc1. The molecule has 5 rings (SSSR count). The van der Waals surface area contributed by atoms with Crippen LogP contribution in [0.4, 0.5) is 4.39 Å². The molecule has 1 N–H and O–H groups in total. The van der Waals surface area contributed by atoms with E-state index in [0.29, 0.717) is 24.3 Å². The zero-order valence-corrected chi connectivity index (χ0v) is 18.7. The Labute approximate surface area is 191 Å². The van der Waals surface area contributed by atoms with Gasteiger partial charge in [-0.3, -0.25) is 0 Å². The van der Waals surface area contributed by atoms with Crippen LogP contribution in [0.2, 0.25) is 0 Å². The van der Waals surface area contributed by atoms with Gasteiger partial charge in [-0.25, -0.2) is 22.8 Å². The molecule has 0 spiro atoms. The molecular formula is C24H23FN4O3S. The molecular weight excluding hydrogens is 443 g/mol. The maximum absolute atomic E-state index is 13.2. The third kappa shape index (κ3) is 4.60. The second-order valence-electron chi connectivity index (χ2n) is 8.22. The van der Waals surface area contributed by atoms with Crippen molar-refractivity contribution in [2.75, 3.05) is 0 Å². The smallest absolute Gasteiger partial charge is 0.214 e. The van der Waals surface area contributed by atoms with Crippen LogP contribution in [0.5, 0.6) is 5.75 Å². The average molecular weight is 467 g/mol. The number of aromatic nitrogens is 3. The first-order valence-corrected chi connectivity index (χ1v) is 12.3. The Bertz CT molecular complexity index is 1370. The Kier molecular flexibility index (Phi) is 5.59. The number of hydrogen-bond acceptors (Lipinski definition) is 5. The minimum atomic E-state index is -3.37. The quantitative estimate of drug-likeness (QED) is 0.394. The first-order valence-electron chi connectivity index (χ1n) is 10.7.